The van der Waals surface area contributed by atoms with E-state index in [-0.39, 0.29) is 0 Å². The van der Waals surface area contributed by atoms with Gasteiger partial charge in [-0.1, -0.05) is 6.07 Å². The monoisotopic (exact) mass is 339 g/mol. The minimum absolute atomic E-state index is 0.660. The number of aryl methyl sites for hydroxylation is 1. The van der Waals surface area contributed by atoms with Gasteiger partial charge in [-0.15, -0.1) is 0 Å². The molecule has 0 radical (unpaired) electrons. The summed E-state index contributed by atoms with van der Waals surface area (Å²) < 4.78 is 21.9. The zero-order valence-corrected chi connectivity index (χ0v) is 15.0. The highest BCUT2D eigenvalue weighted by Gasteiger charge is 2.17. The van der Waals surface area contributed by atoms with Gasteiger partial charge in [0.1, 0.15) is 28.5 Å². The second kappa shape index (κ2) is 6.89. The normalized spacial score (nSPS) is 10.6. The molecule has 0 bridgehead atoms. The number of nitrogens with zero attached hydrogens (tertiary/aromatic N) is 1. The number of fused-ring (bicyclic) bond motifs is 1. The molecule has 1 aromatic heterocycles. The summed E-state index contributed by atoms with van der Waals surface area (Å²) in [5, 5.41) is 0.980. The summed E-state index contributed by atoms with van der Waals surface area (Å²) in [5.74, 6) is 2.81. The Labute approximate surface area is 147 Å². The van der Waals surface area contributed by atoms with Crippen LogP contribution < -0.4 is 18.9 Å². The van der Waals surface area contributed by atoms with Crippen LogP contribution in [0.1, 0.15) is 5.56 Å². The maximum Gasteiger partial charge on any atom is 0.148 e. The zero-order valence-electron chi connectivity index (χ0n) is 15.0. The molecule has 0 fully saturated rings. The first kappa shape index (κ1) is 16.9. The SMILES string of the molecule is COc1cc(OC)c2nc(-c3c(OC)cccc3OC)cc(C)c2c1. The van der Waals surface area contributed by atoms with Crippen molar-refractivity contribution in [2.45, 2.75) is 6.92 Å². The Hall–Kier alpha value is -2.95. The van der Waals surface area contributed by atoms with Gasteiger partial charge in [0.2, 0.25) is 0 Å². The molecular weight excluding hydrogens is 318 g/mol. The fraction of sp³-hybridized carbons (Fsp3) is 0.250. The summed E-state index contributed by atoms with van der Waals surface area (Å²) in [6, 6.07) is 11.5. The molecule has 1 heterocycles. The van der Waals surface area contributed by atoms with E-state index in [0.29, 0.717) is 17.2 Å². The molecule has 5 nitrogen and oxygen atoms in total. The van der Waals surface area contributed by atoms with Gasteiger partial charge >= 0.3 is 0 Å². The Morgan fingerprint density at radius 2 is 1.40 bits per heavy atom. The highest BCUT2D eigenvalue weighted by molar-refractivity contribution is 5.92. The van der Waals surface area contributed by atoms with Gasteiger partial charge in [-0.05, 0) is 36.8 Å². The highest BCUT2D eigenvalue weighted by atomic mass is 16.5. The molecule has 0 saturated heterocycles. The van der Waals surface area contributed by atoms with Crippen molar-refractivity contribution in [3.05, 3.63) is 42.0 Å². The molecule has 0 unspecified atom stereocenters. The average molecular weight is 339 g/mol. The predicted molar refractivity (Wildman–Crippen MR) is 98.1 cm³/mol. The predicted octanol–water partition coefficient (Wildman–Crippen LogP) is 4.24. The molecule has 0 spiro atoms. The fourth-order valence-electron chi connectivity index (χ4n) is 2.94. The molecule has 0 N–H and O–H groups in total. The zero-order chi connectivity index (χ0) is 18.0. The van der Waals surface area contributed by atoms with Crippen molar-refractivity contribution >= 4 is 10.9 Å². The Morgan fingerprint density at radius 1 is 0.760 bits per heavy atom. The highest BCUT2D eigenvalue weighted by Crippen LogP contribution is 2.40. The molecule has 5 heteroatoms. The first-order valence-electron chi connectivity index (χ1n) is 7.87. The van der Waals surface area contributed by atoms with E-state index >= 15 is 0 Å². The minimum Gasteiger partial charge on any atom is -0.497 e. The van der Waals surface area contributed by atoms with Gasteiger partial charge in [0, 0.05) is 11.5 Å². The Morgan fingerprint density at radius 3 is 1.96 bits per heavy atom. The quantitative estimate of drug-likeness (QED) is 0.696. The summed E-state index contributed by atoms with van der Waals surface area (Å²) in [6.07, 6.45) is 0. The molecule has 0 saturated carbocycles. The number of aromatic nitrogens is 1. The third-order valence-corrected chi connectivity index (χ3v) is 4.20. The molecule has 0 amide bonds. The van der Waals surface area contributed by atoms with Crippen molar-refractivity contribution in [3.8, 4) is 34.3 Å². The van der Waals surface area contributed by atoms with Gasteiger partial charge in [0.05, 0.1) is 39.7 Å². The van der Waals surface area contributed by atoms with Crippen molar-refractivity contribution < 1.29 is 18.9 Å². The van der Waals surface area contributed by atoms with Gasteiger partial charge in [-0.3, -0.25) is 0 Å². The summed E-state index contributed by atoms with van der Waals surface area (Å²) in [5.41, 5.74) is 3.41. The van der Waals surface area contributed by atoms with Gasteiger partial charge in [0.15, 0.2) is 0 Å². The van der Waals surface area contributed by atoms with Crippen LogP contribution in [0.15, 0.2) is 36.4 Å². The van der Waals surface area contributed by atoms with Crippen LogP contribution in [-0.4, -0.2) is 33.4 Å². The van der Waals surface area contributed by atoms with E-state index in [1.165, 1.54) is 0 Å². The molecule has 2 aromatic carbocycles. The molecule has 3 rings (SSSR count). The Balaban J connectivity index is 2.33. The molecule has 0 aliphatic carbocycles. The third-order valence-electron chi connectivity index (χ3n) is 4.20. The number of ether oxygens (including phenoxy) is 4. The second-order valence-electron chi connectivity index (χ2n) is 5.59. The maximum atomic E-state index is 5.52. The summed E-state index contributed by atoms with van der Waals surface area (Å²) in [6.45, 7) is 2.04. The van der Waals surface area contributed by atoms with Gasteiger partial charge in [0.25, 0.3) is 0 Å². The molecule has 0 atom stereocenters. The van der Waals surface area contributed by atoms with Gasteiger partial charge in [-0.2, -0.15) is 0 Å². The first-order chi connectivity index (χ1) is 12.1. The van der Waals surface area contributed by atoms with Crippen LogP contribution in [0.3, 0.4) is 0 Å². The van der Waals surface area contributed by atoms with E-state index < -0.39 is 0 Å². The van der Waals surface area contributed by atoms with E-state index in [1.807, 2.05) is 43.3 Å². The van der Waals surface area contributed by atoms with Crippen LogP contribution in [-0.2, 0) is 0 Å². The van der Waals surface area contributed by atoms with Gasteiger partial charge < -0.3 is 18.9 Å². The van der Waals surface area contributed by atoms with Crippen LogP contribution in [0, 0.1) is 6.92 Å². The van der Waals surface area contributed by atoms with Crippen LogP contribution in [0.5, 0.6) is 23.0 Å². The number of benzene rings is 2. The molecular formula is C20H21NO4. The van der Waals surface area contributed by atoms with Crippen molar-refractivity contribution in [1.82, 2.24) is 4.98 Å². The van der Waals surface area contributed by atoms with E-state index in [0.717, 1.165) is 33.5 Å². The maximum absolute atomic E-state index is 5.52. The fourth-order valence-corrected chi connectivity index (χ4v) is 2.94. The average Bonchev–Trinajstić information content (AvgIpc) is 2.66. The lowest BCUT2D eigenvalue weighted by atomic mass is 10.0. The van der Waals surface area contributed by atoms with Crippen LogP contribution in [0.4, 0.5) is 0 Å². The smallest absolute Gasteiger partial charge is 0.148 e. The number of hydrogen-bond acceptors (Lipinski definition) is 5. The second-order valence-corrected chi connectivity index (χ2v) is 5.59. The summed E-state index contributed by atoms with van der Waals surface area (Å²) in [4.78, 5) is 4.83. The Kier molecular flexibility index (Phi) is 4.65. The minimum atomic E-state index is 0.660. The van der Waals surface area contributed by atoms with E-state index in [1.54, 1.807) is 28.4 Å². The van der Waals surface area contributed by atoms with Crippen molar-refractivity contribution in [1.29, 1.82) is 0 Å². The van der Waals surface area contributed by atoms with Gasteiger partial charge in [-0.25, -0.2) is 4.98 Å². The standard InChI is InChI=1S/C20H21NO4/c1-12-9-15(19-16(23-3)7-6-8-17(19)24-4)21-20-14(12)10-13(22-2)11-18(20)25-5/h6-11H,1-5H3. The number of pyridine rings is 1. The van der Waals surface area contributed by atoms with Crippen LogP contribution >= 0.6 is 0 Å². The Bertz CT molecular complexity index is 899. The molecule has 3 aromatic rings. The first-order valence-corrected chi connectivity index (χ1v) is 7.87. The largest absolute Gasteiger partial charge is 0.497 e. The molecule has 0 aliphatic rings. The number of methoxy groups -OCH3 is 4. The molecule has 0 aliphatic heterocycles. The summed E-state index contributed by atoms with van der Waals surface area (Å²) in [7, 11) is 6.54. The number of rotatable bonds is 5. The van der Waals surface area contributed by atoms with Crippen molar-refractivity contribution in [2.75, 3.05) is 28.4 Å². The lowest BCUT2D eigenvalue weighted by Gasteiger charge is -2.15. The van der Waals surface area contributed by atoms with E-state index in [9.17, 15) is 0 Å². The summed E-state index contributed by atoms with van der Waals surface area (Å²) >= 11 is 0. The van der Waals surface area contributed by atoms with Crippen molar-refractivity contribution in [3.63, 3.8) is 0 Å². The molecule has 25 heavy (non-hydrogen) atoms. The van der Waals surface area contributed by atoms with Crippen LogP contribution in [0.25, 0.3) is 22.2 Å². The van der Waals surface area contributed by atoms with E-state index in [4.69, 9.17) is 23.9 Å². The number of hydrogen-bond donors (Lipinski definition) is 0. The third kappa shape index (κ3) is 2.93. The lowest BCUT2D eigenvalue weighted by Crippen LogP contribution is -1.98. The van der Waals surface area contributed by atoms with E-state index in [2.05, 4.69) is 0 Å². The lowest BCUT2D eigenvalue weighted by molar-refractivity contribution is 0.396. The van der Waals surface area contributed by atoms with Crippen molar-refractivity contribution in [2.24, 2.45) is 0 Å². The topological polar surface area (TPSA) is 49.8 Å². The molecule has 130 valence electrons. The van der Waals surface area contributed by atoms with Crippen LogP contribution in [0.2, 0.25) is 0 Å².